The van der Waals surface area contributed by atoms with Gasteiger partial charge in [-0.3, -0.25) is 9.59 Å². The lowest BCUT2D eigenvalue weighted by molar-refractivity contribution is 0.0697. The van der Waals surface area contributed by atoms with E-state index >= 15 is 0 Å². The molecule has 0 saturated heterocycles. The van der Waals surface area contributed by atoms with Gasteiger partial charge in [0, 0.05) is 28.4 Å². The third-order valence-electron chi connectivity index (χ3n) is 4.76. The summed E-state index contributed by atoms with van der Waals surface area (Å²) in [5.74, 6) is -1.26. The normalized spacial score (nSPS) is 11.8. The quantitative estimate of drug-likeness (QED) is 0.563. The molecule has 0 saturated carbocycles. The summed E-state index contributed by atoms with van der Waals surface area (Å²) in [6.45, 7) is 0.774. The number of carboxylic acids is 1. The monoisotopic (exact) mass is 384 g/mol. The average molecular weight is 385 g/mol. The molecule has 0 amide bonds. The van der Waals surface area contributed by atoms with Crippen molar-refractivity contribution in [3.05, 3.63) is 69.5 Å². The lowest BCUT2D eigenvalue weighted by atomic mass is 10.0. The van der Waals surface area contributed by atoms with Gasteiger partial charge >= 0.3 is 5.97 Å². The van der Waals surface area contributed by atoms with Crippen LogP contribution in [-0.2, 0) is 6.54 Å². The molecule has 0 fully saturated rings. The van der Waals surface area contributed by atoms with E-state index in [0.717, 1.165) is 5.56 Å². The number of nitrogens with two attached hydrogens (primary N) is 1. The van der Waals surface area contributed by atoms with E-state index in [1.54, 1.807) is 22.8 Å². The summed E-state index contributed by atoms with van der Waals surface area (Å²) in [5, 5.41) is 9.97. The van der Waals surface area contributed by atoms with Gasteiger partial charge in [-0.2, -0.15) is 0 Å². The highest BCUT2D eigenvalue weighted by Crippen LogP contribution is 2.39. The summed E-state index contributed by atoms with van der Waals surface area (Å²) >= 11 is 0. The Kier molecular flexibility index (Phi) is 4.87. The third kappa shape index (κ3) is 2.74. The summed E-state index contributed by atoms with van der Waals surface area (Å²) in [4.78, 5) is 37.4. The average Bonchev–Trinajstić information content (AvgIpc) is 2.94. The largest absolute Gasteiger partial charge is 0.478 e. The van der Waals surface area contributed by atoms with Crippen molar-refractivity contribution in [1.29, 1.82) is 0 Å². The van der Waals surface area contributed by atoms with E-state index in [0.29, 0.717) is 41.7 Å². The second kappa shape index (κ2) is 6.98. The van der Waals surface area contributed by atoms with Crippen LogP contribution in [0.3, 0.4) is 0 Å². The summed E-state index contributed by atoms with van der Waals surface area (Å²) < 4.78 is 1.56. The SMILES string of the molecule is Cl.NCCCn1c2c(c3ccc(C(=O)O)cc3c1=O)C(=O)c1ccccc1-2. The van der Waals surface area contributed by atoms with E-state index in [-0.39, 0.29) is 34.7 Å². The van der Waals surface area contributed by atoms with Gasteiger partial charge in [0.2, 0.25) is 0 Å². The number of rotatable bonds is 4. The summed E-state index contributed by atoms with van der Waals surface area (Å²) in [6.07, 6.45) is 0.576. The molecule has 1 aliphatic carbocycles. The zero-order valence-corrected chi connectivity index (χ0v) is 15.1. The molecular formula is C20H17ClN2O4. The molecule has 0 unspecified atom stereocenters. The molecule has 1 aliphatic rings. The fourth-order valence-corrected chi connectivity index (χ4v) is 3.58. The van der Waals surface area contributed by atoms with Crippen LogP contribution in [-0.4, -0.2) is 28.0 Å². The topological polar surface area (TPSA) is 102 Å². The Morgan fingerprint density at radius 2 is 1.74 bits per heavy atom. The number of pyridine rings is 1. The predicted octanol–water partition coefficient (Wildman–Crippen LogP) is 2.68. The van der Waals surface area contributed by atoms with Crippen LogP contribution in [0.2, 0.25) is 0 Å². The Morgan fingerprint density at radius 1 is 1.04 bits per heavy atom. The Hall–Kier alpha value is -2.96. The number of carbonyl (C=O) groups excluding carboxylic acids is 1. The zero-order chi connectivity index (χ0) is 18.4. The number of halogens is 1. The first-order valence-corrected chi connectivity index (χ1v) is 8.32. The maximum absolute atomic E-state index is 13.1. The highest BCUT2D eigenvalue weighted by Gasteiger charge is 2.32. The molecule has 0 aliphatic heterocycles. The maximum atomic E-state index is 13.1. The van der Waals surface area contributed by atoms with Crippen LogP contribution in [0, 0.1) is 0 Å². The van der Waals surface area contributed by atoms with E-state index in [1.165, 1.54) is 12.1 Å². The van der Waals surface area contributed by atoms with E-state index < -0.39 is 5.97 Å². The van der Waals surface area contributed by atoms with Crippen LogP contribution in [0.15, 0.2) is 47.3 Å². The molecule has 1 heterocycles. The molecule has 27 heavy (non-hydrogen) atoms. The molecule has 4 rings (SSSR count). The van der Waals surface area contributed by atoms with Crippen molar-refractivity contribution in [2.24, 2.45) is 5.73 Å². The number of hydrogen-bond acceptors (Lipinski definition) is 4. The van der Waals surface area contributed by atoms with Crippen LogP contribution < -0.4 is 11.3 Å². The summed E-state index contributed by atoms with van der Waals surface area (Å²) in [6, 6.07) is 11.5. The van der Waals surface area contributed by atoms with Gasteiger partial charge in [-0.1, -0.05) is 30.3 Å². The van der Waals surface area contributed by atoms with Crippen LogP contribution in [0.25, 0.3) is 22.0 Å². The van der Waals surface area contributed by atoms with Gasteiger partial charge < -0.3 is 15.4 Å². The lowest BCUT2D eigenvalue weighted by Gasteiger charge is -2.15. The van der Waals surface area contributed by atoms with Gasteiger partial charge in [-0.05, 0) is 25.1 Å². The molecule has 0 spiro atoms. The summed E-state index contributed by atoms with van der Waals surface area (Å²) in [5.41, 5.74) is 7.65. The van der Waals surface area contributed by atoms with Crippen LogP contribution in [0.4, 0.5) is 0 Å². The number of aromatic nitrogens is 1. The minimum atomic E-state index is -1.12. The van der Waals surface area contributed by atoms with Gasteiger partial charge in [0.1, 0.15) is 0 Å². The number of carbonyl (C=O) groups is 2. The van der Waals surface area contributed by atoms with Crippen LogP contribution in [0.5, 0.6) is 0 Å². The third-order valence-corrected chi connectivity index (χ3v) is 4.76. The van der Waals surface area contributed by atoms with Crippen LogP contribution in [0.1, 0.15) is 32.7 Å². The van der Waals surface area contributed by atoms with E-state index in [4.69, 9.17) is 5.73 Å². The first-order chi connectivity index (χ1) is 12.5. The Balaban J connectivity index is 0.00000210. The molecule has 0 bridgehead atoms. The minimum Gasteiger partial charge on any atom is -0.478 e. The van der Waals surface area contributed by atoms with E-state index in [9.17, 15) is 19.5 Å². The van der Waals surface area contributed by atoms with Crippen molar-refractivity contribution in [3.63, 3.8) is 0 Å². The van der Waals surface area contributed by atoms with Crippen molar-refractivity contribution >= 4 is 34.9 Å². The maximum Gasteiger partial charge on any atom is 0.335 e. The highest BCUT2D eigenvalue weighted by molar-refractivity contribution is 6.26. The molecule has 3 aromatic rings. The standard InChI is InChI=1S/C20H16N2O4.ClH/c21-8-3-9-22-17-13-4-1-2-5-14(13)18(23)16(17)12-7-6-11(20(25)26)10-15(12)19(22)24;/h1-2,4-7,10H,3,8-9,21H2,(H,25,26);1H. The van der Waals surface area contributed by atoms with Gasteiger partial charge in [0.05, 0.1) is 16.8 Å². The number of carboxylic acid groups (broad SMARTS) is 1. The molecule has 6 nitrogen and oxygen atoms in total. The Bertz CT molecular complexity index is 1150. The molecule has 2 aromatic carbocycles. The van der Waals surface area contributed by atoms with E-state index in [2.05, 4.69) is 0 Å². The van der Waals surface area contributed by atoms with Crippen molar-refractivity contribution in [1.82, 2.24) is 4.57 Å². The molecule has 0 radical (unpaired) electrons. The smallest absolute Gasteiger partial charge is 0.335 e. The van der Waals surface area contributed by atoms with Crippen molar-refractivity contribution in [2.45, 2.75) is 13.0 Å². The van der Waals surface area contributed by atoms with Gasteiger partial charge in [0.15, 0.2) is 5.78 Å². The van der Waals surface area contributed by atoms with Crippen molar-refractivity contribution in [3.8, 4) is 11.3 Å². The highest BCUT2D eigenvalue weighted by atomic mass is 35.5. The van der Waals surface area contributed by atoms with E-state index in [1.807, 2.05) is 12.1 Å². The number of benzene rings is 2. The minimum absolute atomic E-state index is 0. The molecule has 3 N–H and O–H groups in total. The molecular weight excluding hydrogens is 368 g/mol. The fourth-order valence-electron chi connectivity index (χ4n) is 3.58. The predicted molar refractivity (Wildman–Crippen MR) is 105 cm³/mol. The second-order valence-electron chi connectivity index (χ2n) is 6.26. The molecule has 7 heteroatoms. The Morgan fingerprint density at radius 3 is 2.41 bits per heavy atom. The lowest BCUT2D eigenvalue weighted by Crippen LogP contribution is -2.24. The number of hydrogen-bond donors (Lipinski definition) is 2. The number of nitrogens with zero attached hydrogens (tertiary/aromatic N) is 1. The Labute approximate surface area is 160 Å². The zero-order valence-electron chi connectivity index (χ0n) is 14.3. The van der Waals surface area contributed by atoms with Gasteiger partial charge in [-0.25, -0.2) is 4.79 Å². The second-order valence-corrected chi connectivity index (χ2v) is 6.26. The van der Waals surface area contributed by atoms with Crippen LogP contribution >= 0.6 is 12.4 Å². The number of aromatic carboxylic acids is 1. The molecule has 138 valence electrons. The molecule has 1 aromatic heterocycles. The van der Waals surface area contributed by atoms with Gasteiger partial charge in [0.25, 0.3) is 5.56 Å². The van der Waals surface area contributed by atoms with Crippen molar-refractivity contribution < 1.29 is 14.7 Å². The number of fused-ring (bicyclic) bond motifs is 5. The van der Waals surface area contributed by atoms with Gasteiger partial charge in [-0.15, -0.1) is 12.4 Å². The number of ketones is 1. The first-order valence-electron chi connectivity index (χ1n) is 8.32. The first kappa shape index (κ1) is 18.8. The summed E-state index contributed by atoms with van der Waals surface area (Å²) in [7, 11) is 0. The molecule has 0 atom stereocenters. The fraction of sp³-hybridized carbons (Fsp3) is 0.150. The van der Waals surface area contributed by atoms with Crippen molar-refractivity contribution in [2.75, 3.05) is 6.54 Å².